The van der Waals surface area contributed by atoms with Crippen molar-refractivity contribution in [1.82, 2.24) is 0 Å². The number of rotatable bonds is 7. The molecule has 0 spiro atoms. The molecule has 3 heteroatoms. The molecule has 0 aromatic heterocycles. The first-order valence-corrected chi connectivity index (χ1v) is 11.2. The zero-order valence-electron chi connectivity index (χ0n) is 20.4. The highest BCUT2D eigenvalue weighted by Crippen LogP contribution is 2.48. The minimum Gasteiger partial charge on any atom is -0.493 e. The lowest BCUT2D eigenvalue weighted by molar-refractivity contribution is -0.131. The maximum Gasteiger partial charge on any atom is 0.328 e. The summed E-state index contributed by atoms with van der Waals surface area (Å²) in [6, 6.07) is 4.55. The predicted octanol–water partition coefficient (Wildman–Crippen LogP) is 7.58. The predicted molar refractivity (Wildman–Crippen MR) is 131 cm³/mol. The number of allylic oxidation sites excluding steroid dienone is 7. The van der Waals surface area contributed by atoms with Crippen molar-refractivity contribution in [2.45, 2.75) is 73.6 Å². The maximum atomic E-state index is 10.9. The zero-order chi connectivity index (χ0) is 23.4. The van der Waals surface area contributed by atoms with Crippen molar-refractivity contribution in [3.05, 3.63) is 64.8 Å². The lowest BCUT2D eigenvalue weighted by Gasteiger charge is -2.37. The highest BCUT2D eigenvalue weighted by atomic mass is 16.5. The van der Waals surface area contributed by atoms with E-state index >= 15 is 0 Å². The van der Waals surface area contributed by atoms with Gasteiger partial charge in [0.15, 0.2) is 0 Å². The molecule has 0 heterocycles. The summed E-state index contributed by atoms with van der Waals surface area (Å²) in [6.45, 7) is 18.0. The normalized spacial score (nSPS) is 16.8. The summed E-state index contributed by atoms with van der Waals surface area (Å²) >= 11 is 0. The monoisotopic (exact) mass is 422 g/mol. The molecule has 0 radical (unpaired) electrons. The van der Waals surface area contributed by atoms with Gasteiger partial charge in [-0.2, -0.15) is 0 Å². The van der Waals surface area contributed by atoms with Crippen LogP contribution in [0.3, 0.4) is 0 Å². The van der Waals surface area contributed by atoms with Crippen LogP contribution in [0.4, 0.5) is 0 Å². The highest BCUT2D eigenvalue weighted by Gasteiger charge is 2.33. The first kappa shape index (κ1) is 24.7. The Hall–Kier alpha value is -2.55. The van der Waals surface area contributed by atoms with Crippen LogP contribution in [0.25, 0.3) is 11.1 Å². The van der Waals surface area contributed by atoms with E-state index in [0.717, 1.165) is 24.2 Å². The van der Waals surface area contributed by atoms with Gasteiger partial charge in [-0.25, -0.2) is 4.79 Å². The Morgan fingerprint density at radius 2 is 1.90 bits per heavy atom. The van der Waals surface area contributed by atoms with Gasteiger partial charge in [-0.15, -0.1) is 0 Å². The molecular formula is C28H38O3. The van der Waals surface area contributed by atoms with Crippen LogP contribution in [0.1, 0.15) is 84.9 Å². The molecule has 1 N–H and O–H groups in total. The van der Waals surface area contributed by atoms with Crippen molar-refractivity contribution in [2.75, 3.05) is 6.61 Å². The third-order valence-corrected chi connectivity index (χ3v) is 5.80. The Kier molecular flexibility index (Phi) is 7.75. The topological polar surface area (TPSA) is 46.5 Å². The standard InChI is InChI=1S/C28H38O3/c1-9-20(13-11-12-19(3)16-26(29)30)21-17-22-23(27(4,5)6)14-15-28(7,8)24(22)18-25(21)31-10-2/h11-14,16-18H,9-10,15H2,1-8H3,(H,29,30)/b12-11+,19-16+,20-13-. The number of carbonyl (C=O) groups is 1. The Morgan fingerprint density at radius 3 is 2.45 bits per heavy atom. The fourth-order valence-corrected chi connectivity index (χ4v) is 4.13. The summed E-state index contributed by atoms with van der Waals surface area (Å²) in [6.07, 6.45) is 11.3. The second kappa shape index (κ2) is 9.72. The van der Waals surface area contributed by atoms with Crippen molar-refractivity contribution in [3.8, 4) is 5.75 Å². The van der Waals surface area contributed by atoms with E-state index in [9.17, 15) is 4.79 Å². The molecule has 0 bridgehead atoms. The molecule has 1 aromatic carbocycles. The molecule has 0 saturated heterocycles. The van der Waals surface area contributed by atoms with Gasteiger partial charge in [0.1, 0.15) is 5.75 Å². The Bertz CT molecular complexity index is 947. The van der Waals surface area contributed by atoms with E-state index in [1.54, 1.807) is 6.92 Å². The van der Waals surface area contributed by atoms with Crippen molar-refractivity contribution in [1.29, 1.82) is 0 Å². The quantitative estimate of drug-likeness (QED) is 0.364. The molecule has 2 rings (SSSR count). The third-order valence-electron chi connectivity index (χ3n) is 5.80. The van der Waals surface area contributed by atoms with E-state index in [1.807, 2.05) is 19.1 Å². The van der Waals surface area contributed by atoms with Crippen LogP contribution < -0.4 is 4.74 Å². The zero-order valence-corrected chi connectivity index (χ0v) is 20.4. The van der Waals surface area contributed by atoms with Gasteiger partial charge in [-0.3, -0.25) is 0 Å². The molecule has 31 heavy (non-hydrogen) atoms. The molecule has 0 amide bonds. The first-order valence-electron chi connectivity index (χ1n) is 11.2. The number of ether oxygens (including phenoxy) is 1. The molecule has 168 valence electrons. The smallest absolute Gasteiger partial charge is 0.328 e. The molecule has 0 atom stereocenters. The van der Waals surface area contributed by atoms with Crippen LogP contribution in [0.5, 0.6) is 5.75 Å². The summed E-state index contributed by atoms with van der Waals surface area (Å²) in [4.78, 5) is 10.9. The average molecular weight is 423 g/mol. The van der Waals surface area contributed by atoms with Gasteiger partial charge in [-0.1, -0.05) is 65.8 Å². The van der Waals surface area contributed by atoms with Crippen LogP contribution in [0.2, 0.25) is 0 Å². The second-order valence-electron chi connectivity index (χ2n) is 9.91. The Balaban J connectivity index is 2.66. The highest BCUT2D eigenvalue weighted by molar-refractivity contribution is 5.82. The van der Waals surface area contributed by atoms with E-state index < -0.39 is 5.97 Å². The summed E-state index contributed by atoms with van der Waals surface area (Å²) in [5.74, 6) is -0.0111. The van der Waals surface area contributed by atoms with E-state index in [0.29, 0.717) is 12.2 Å². The number of carboxylic acids is 1. The molecule has 1 aliphatic rings. The van der Waals surface area contributed by atoms with Crippen LogP contribution >= 0.6 is 0 Å². The molecule has 1 aromatic rings. The minimum absolute atomic E-state index is 0.0587. The van der Waals surface area contributed by atoms with Crippen LogP contribution in [-0.2, 0) is 10.2 Å². The number of carboxylic acid groups (broad SMARTS) is 1. The molecule has 3 nitrogen and oxygen atoms in total. The SMILES string of the molecule is CCOc1cc2c(cc1\C(=C/C=C/C(C)=C/C(=O)O)CC)C(C(C)(C)C)=CCC2(C)C. The molecule has 0 fully saturated rings. The van der Waals surface area contributed by atoms with Gasteiger partial charge in [0.2, 0.25) is 0 Å². The summed E-state index contributed by atoms with van der Waals surface area (Å²) in [7, 11) is 0. The lowest BCUT2D eigenvalue weighted by atomic mass is 9.67. The molecular weight excluding hydrogens is 384 g/mol. The molecule has 0 unspecified atom stereocenters. The van der Waals surface area contributed by atoms with Gasteiger partial charge < -0.3 is 9.84 Å². The Labute approximate surface area is 188 Å². The van der Waals surface area contributed by atoms with E-state index in [-0.39, 0.29) is 10.8 Å². The third kappa shape index (κ3) is 6.00. The second-order valence-corrected chi connectivity index (χ2v) is 9.91. The fourth-order valence-electron chi connectivity index (χ4n) is 4.13. The molecule has 0 aliphatic heterocycles. The van der Waals surface area contributed by atoms with Gasteiger partial charge >= 0.3 is 5.97 Å². The van der Waals surface area contributed by atoms with Crippen molar-refractivity contribution in [2.24, 2.45) is 5.41 Å². The van der Waals surface area contributed by atoms with Crippen molar-refractivity contribution in [3.63, 3.8) is 0 Å². The lowest BCUT2D eigenvalue weighted by Crippen LogP contribution is -2.25. The Morgan fingerprint density at radius 1 is 1.23 bits per heavy atom. The van der Waals surface area contributed by atoms with Crippen molar-refractivity contribution >= 4 is 17.1 Å². The molecule has 0 saturated carbocycles. The van der Waals surface area contributed by atoms with Crippen molar-refractivity contribution < 1.29 is 14.6 Å². The van der Waals surface area contributed by atoms with E-state index in [2.05, 4.69) is 65.8 Å². The summed E-state index contributed by atoms with van der Waals surface area (Å²) in [5, 5.41) is 8.91. The van der Waals surface area contributed by atoms with Crippen LogP contribution in [-0.4, -0.2) is 17.7 Å². The maximum absolute atomic E-state index is 10.9. The number of hydrogen-bond acceptors (Lipinski definition) is 2. The number of hydrogen-bond donors (Lipinski definition) is 1. The van der Waals surface area contributed by atoms with Crippen LogP contribution in [0, 0.1) is 5.41 Å². The van der Waals surface area contributed by atoms with Gasteiger partial charge in [0, 0.05) is 11.6 Å². The van der Waals surface area contributed by atoms with Crippen LogP contribution in [0.15, 0.2) is 48.1 Å². The largest absolute Gasteiger partial charge is 0.493 e. The summed E-state index contributed by atoms with van der Waals surface area (Å²) < 4.78 is 6.11. The number of aliphatic carboxylic acids is 1. The summed E-state index contributed by atoms with van der Waals surface area (Å²) in [5.41, 5.74) is 7.15. The van der Waals surface area contributed by atoms with E-state index in [4.69, 9.17) is 9.84 Å². The first-order chi connectivity index (χ1) is 14.4. The van der Waals surface area contributed by atoms with Gasteiger partial charge in [0.05, 0.1) is 6.61 Å². The number of benzene rings is 1. The fraction of sp³-hybridized carbons (Fsp3) is 0.464. The van der Waals surface area contributed by atoms with Gasteiger partial charge in [0.25, 0.3) is 0 Å². The average Bonchev–Trinajstić information content (AvgIpc) is 2.64. The number of fused-ring (bicyclic) bond motifs is 1. The van der Waals surface area contributed by atoms with Gasteiger partial charge in [-0.05, 0) is 77.5 Å². The minimum atomic E-state index is -0.931. The van der Waals surface area contributed by atoms with E-state index in [1.165, 1.54) is 28.3 Å². The molecule has 1 aliphatic carbocycles.